The number of nitrogens with two attached hydrogens (primary N) is 1. The molecule has 0 fully saturated rings. The lowest BCUT2D eigenvalue weighted by Crippen LogP contribution is -2.34. The highest BCUT2D eigenvalue weighted by molar-refractivity contribution is 6.03. The van der Waals surface area contributed by atoms with E-state index in [0.29, 0.717) is 40.2 Å². The average Bonchev–Trinajstić information content (AvgIpc) is 2.86. The Morgan fingerprint density at radius 1 is 1.15 bits per heavy atom. The average molecular weight is 458 g/mol. The summed E-state index contributed by atoms with van der Waals surface area (Å²) >= 11 is 0. The SMILES string of the molecule is COc1cc(/C=C/C(=O)Nc2ccccc2N)cc(C(NO)C2CCc3ccccc3C2=O)c1. The molecule has 0 heterocycles. The fraction of sp³-hybridized carbons (Fsp3) is 0.185. The number of rotatable bonds is 7. The van der Waals surface area contributed by atoms with E-state index in [-0.39, 0.29) is 11.7 Å². The van der Waals surface area contributed by atoms with Gasteiger partial charge >= 0.3 is 0 Å². The van der Waals surface area contributed by atoms with Gasteiger partial charge in [-0.15, -0.1) is 0 Å². The van der Waals surface area contributed by atoms with Crippen LogP contribution in [0.3, 0.4) is 0 Å². The van der Waals surface area contributed by atoms with Gasteiger partial charge in [-0.1, -0.05) is 36.4 Å². The summed E-state index contributed by atoms with van der Waals surface area (Å²) in [6.45, 7) is 0. The topological polar surface area (TPSA) is 114 Å². The first-order valence-corrected chi connectivity index (χ1v) is 11.0. The number of ether oxygens (including phenoxy) is 1. The van der Waals surface area contributed by atoms with Crippen molar-refractivity contribution in [1.82, 2.24) is 5.48 Å². The van der Waals surface area contributed by atoms with Crippen molar-refractivity contribution in [2.24, 2.45) is 5.92 Å². The molecule has 1 aliphatic rings. The predicted octanol–water partition coefficient (Wildman–Crippen LogP) is 4.39. The second kappa shape index (κ2) is 10.3. The zero-order chi connectivity index (χ0) is 24.1. The number of Topliss-reactive ketones (excluding diaryl/α,β-unsaturated/α-hetero) is 1. The van der Waals surface area contributed by atoms with E-state index < -0.39 is 12.0 Å². The lowest BCUT2D eigenvalue weighted by Gasteiger charge is -2.30. The summed E-state index contributed by atoms with van der Waals surface area (Å²) < 4.78 is 5.43. The van der Waals surface area contributed by atoms with Crippen molar-refractivity contribution < 1.29 is 19.5 Å². The number of benzene rings is 3. The highest BCUT2D eigenvalue weighted by Crippen LogP contribution is 2.35. The number of carbonyl (C=O) groups is 2. The van der Waals surface area contributed by atoms with Gasteiger partial charge in [0, 0.05) is 17.6 Å². The number of hydrogen-bond acceptors (Lipinski definition) is 6. The van der Waals surface area contributed by atoms with E-state index in [1.54, 1.807) is 49.6 Å². The normalized spacial score (nSPS) is 16.2. The fourth-order valence-electron chi connectivity index (χ4n) is 4.33. The third kappa shape index (κ3) is 5.01. The Bertz CT molecular complexity index is 1240. The highest BCUT2D eigenvalue weighted by atomic mass is 16.5. The maximum Gasteiger partial charge on any atom is 0.248 e. The number of hydrogen-bond donors (Lipinski definition) is 4. The number of nitrogen functional groups attached to an aromatic ring is 1. The van der Waals surface area contributed by atoms with Crippen molar-refractivity contribution >= 4 is 29.1 Å². The molecule has 0 spiro atoms. The van der Waals surface area contributed by atoms with Gasteiger partial charge in [0.2, 0.25) is 5.91 Å². The summed E-state index contributed by atoms with van der Waals surface area (Å²) in [4.78, 5) is 25.6. The molecule has 2 atom stereocenters. The molecular weight excluding hydrogens is 430 g/mol. The highest BCUT2D eigenvalue weighted by Gasteiger charge is 2.34. The second-order valence-corrected chi connectivity index (χ2v) is 8.22. The van der Waals surface area contributed by atoms with Crippen LogP contribution >= 0.6 is 0 Å². The van der Waals surface area contributed by atoms with Crippen molar-refractivity contribution in [2.45, 2.75) is 18.9 Å². The van der Waals surface area contributed by atoms with Gasteiger partial charge in [0.25, 0.3) is 0 Å². The number of hydroxylamine groups is 1. The minimum absolute atomic E-state index is 0.00635. The maximum absolute atomic E-state index is 13.2. The molecular formula is C27H27N3O4. The Morgan fingerprint density at radius 2 is 1.91 bits per heavy atom. The third-order valence-corrected chi connectivity index (χ3v) is 6.08. The Balaban J connectivity index is 1.58. The summed E-state index contributed by atoms with van der Waals surface area (Å²) in [5, 5.41) is 12.8. The third-order valence-electron chi connectivity index (χ3n) is 6.08. The van der Waals surface area contributed by atoms with Crippen molar-refractivity contribution in [2.75, 3.05) is 18.2 Å². The molecule has 1 aliphatic carbocycles. The fourth-order valence-corrected chi connectivity index (χ4v) is 4.33. The minimum Gasteiger partial charge on any atom is -0.497 e. The Kier molecular flexibility index (Phi) is 7.06. The lowest BCUT2D eigenvalue weighted by atomic mass is 9.77. The van der Waals surface area contributed by atoms with E-state index in [1.165, 1.54) is 6.08 Å². The molecule has 7 nitrogen and oxygen atoms in total. The van der Waals surface area contributed by atoms with E-state index in [4.69, 9.17) is 10.5 Å². The molecule has 3 aromatic rings. The van der Waals surface area contributed by atoms with Gasteiger partial charge in [-0.3, -0.25) is 9.59 Å². The number of para-hydroxylation sites is 2. The molecule has 34 heavy (non-hydrogen) atoms. The van der Waals surface area contributed by atoms with Crippen molar-refractivity contribution in [3.8, 4) is 5.75 Å². The van der Waals surface area contributed by atoms with Gasteiger partial charge in [0.15, 0.2) is 5.78 Å². The van der Waals surface area contributed by atoms with Crippen LogP contribution in [0, 0.1) is 5.92 Å². The smallest absolute Gasteiger partial charge is 0.248 e. The number of nitrogens with one attached hydrogen (secondary N) is 2. The van der Waals surface area contributed by atoms with Crippen LogP contribution in [0.2, 0.25) is 0 Å². The number of methoxy groups -OCH3 is 1. The molecule has 0 bridgehead atoms. The zero-order valence-electron chi connectivity index (χ0n) is 18.8. The molecule has 5 N–H and O–H groups in total. The van der Waals surface area contributed by atoms with Crippen LogP contribution in [0.5, 0.6) is 5.75 Å². The zero-order valence-corrected chi connectivity index (χ0v) is 18.8. The van der Waals surface area contributed by atoms with Gasteiger partial charge in [0.1, 0.15) is 5.75 Å². The molecule has 0 radical (unpaired) electrons. The number of ketones is 1. The molecule has 0 saturated heterocycles. The first-order valence-electron chi connectivity index (χ1n) is 11.0. The number of amides is 1. The van der Waals surface area contributed by atoms with Gasteiger partial charge < -0.3 is 21.0 Å². The molecule has 4 rings (SSSR count). The largest absolute Gasteiger partial charge is 0.497 e. The monoisotopic (exact) mass is 457 g/mol. The predicted molar refractivity (Wildman–Crippen MR) is 132 cm³/mol. The van der Waals surface area contributed by atoms with Crippen LogP contribution < -0.4 is 21.3 Å². The van der Waals surface area contributed by atoms with E-state index in [9.17, 15) is 14.8 Å². The molecule has 0 saturated carbocycles. The summed E-state index contributed by atoms with van der Waals surface area (Å²) in [6, 6.07) is 19.3. The van der Waals surface area contributed by atoms with Crippen LogP contribution in [0.4, 0.5) is 11.4 Å². The van der Waals surface area contributed by atoms with Gasteiger partial charge in [-0.25, -0.2) is 0 Å². The second-order valence-electron chi connectivity index (χ2n) is 8.22. The lowest BCUT2D eigenvalue weighted by molar-refractivity contribution is -0.111. The number of fused-ring (bicyclic) bond motifs is 1. The standard InChI is InChI=1S/C27H27N3O4/c1-34-20-15-17(10-13-25(31)29-24-9-5-4-8-23(24)28)14-19(16-20)26(30-33)22-12-11-18-6-2-3-7-21(18)27(22)32/h2-10,13-16,22,26,30,33H,11-12,28H2,1H3,(H,29,31)/b13-10+. The summed E-state index contributed by atoms with van der Waals surface area (Å²) in [5.74, 6) is -0.228. The molecule has 174 valence electrons. The first-order chi connectivity index (χ1) is 16.5. The van der Waals surface area contributed by atoms with Crippen LogP contribution in [-0.2, 0) is 11.2 Å². The van der Waals surface area contributed by atoms with E-state index in [2.05, 4.69) is 10.8 Å². The maximum atomic E-state index is 13.2. The van der Waals surface area contributed by atoms with Crippen LogP contribution in [0.15, 0.2) is 72.8 Å². The number of anilines is 2. The summed E-state index contributed by atoms with van der Waals surface area (Å²) in [5.41, 5.74) is 12.3. The number of aryl methyl sites for hydroxylation is 1. The molecule has 3 aromatic carbocycles. The van der Waals surface area contributed by atoms with Gasteiger partial charge in [-0.2, -0.15) is 5.48 Å². The van der Waals surface area contributed by atoms with Crippen LogP contribution in [0.1, 0.15) is 39.5 Å². The van der Waals surface area contributed by atoms with Crippen molar-refractivity contribution in [3.63, 3.8) is 0 Å². The molecule has 2 unspecified atom stereocenters. The first kappa shape index (κ1) is 23.2. The molecule has 7 heteroatoms. The van der Waals surface area contributed by atoms with Crippen molar-refractivity contribution in [3.05, 3.63) is 95.1 Å². The van der Waals surface area contributed by atoms with E-state index in [1.807, 2.05) is 30.3 Å². The summed E-state index contributed by atoms with van der Waals surface area (Å²) in [6.07, 6.45) is 4.41. The Morgan fingerprint density at radius 3 is 2.68 bits per heavy atom. The van der Waals surface area contributed by atoms with Crippen molar-refractivity contribution in [1.29, 1.82) is 0 Å². The van der Waals surface area contributed by atoms with Gasteiger partial charge in [0.05, 0.1) is 24.5 Å². The molecule has 1 amide bonds. The van der Waals surface area contributed by atoms with Gasteiger partial charge in [-0.05, 0) is 65.9 Å². The molecule has 0 aromatic heterocycles. The number of carbonyl (C=O) groups excluding carboxylic acids is 2. The van der Waals surface area contributed by atoms with Crippen LogP contribution in [-0.4, -0.2) is 24.0 Å². The summed E-state index contributed by atoms with van der Waals surface area (Å²) in [7, 11) is 1.54. The Hall–Kier alpha value is -3.94. The van der Waals surface area contributed by atoms with E-state index >= 15 is 0 Å². The molecule has 0 aliphatic heterocycles. The van der Waals surface area contributed by atoms with Crippen LogP contribution in [0.25, 0.3) is 6.08 Å². The minimum atomic E-state index is -0.624. The quantitative estimate of drug-likeness (QED) is 0.238. The Labute approximate surface area is 198 Å². The van der Waals surface area contributed by atoms with E-state index in [0.717, 1.165) is 12.0 Å².